The number of rotatable bonds is 1. The van der Waals surface area contributed by atoms with Gasteiger partial charge in [-0.05, 0) is 30.0 Å². The van der Waals surface area contributed by atoms with E-state index in [9.17, 15) is 9.59 Å². The van der Waals surface area contributed by atoms with E-state index in [1.165, 1.54) is 0 Å². The Balaban J connectivity index is 2.13. The molecule has 2 amide bonds. The standard InChI is InChI=1S/C13H13NO3/c1-17-10-4-2-3-8-7(10)5-6-9-11(8)13(16)14-12(9)15/h2-4,9,11H,5-6H2,1H3,(H,14,15,16)/t9-,11+/m1/s1. The molecule has 1 aliphatic carbocycles. The first-order valence-corrected chi connectivity index (χ1v) is 5.73. The molecule has 1 heterocycles. The molecule has 17 heavy (non-hydrogen) atoms. The first kappa shape index (κ1) is 10.3. The number of carbonyl (C=O) groups excluding carboxylic acids is 2. The molecular weight excluding hydrogens is 218 g/mol. The number of nitrogens with one attached hydrogen (secondary N) is 1. The Hall–Kier alpha value is -1.84. The van der Waals surface area contributed by atoms with Crippen molar-refractivity contribution in [3.8, 4) is 5.75 Å². The highest BCUT2D eigenvalue weighted by atomic mass is 16.5. The van der Waals surface area contributed by atoms with Gasteiger partial charge in [0.25, 0.3) is 0 Å². The van der Waals surface area contributed by atoms with E-state index in [4.69, 9.17) is 4.74 Å². The topological polar surface area (TPSA) is 55.4 Å². The van der Waals surface area contributed by atoms with Crippen molar-refractivity contribution in [3.05, 3.63) is 29.3 Å². The molecule has 1 fully saturated rings. The van der Waals surface area contributed by atoms with E-state index in [1.807, 2.05) is 18.2 Å². The van der Waals surface area contributed by atoms with Crippen LogP contribution in [0, 0.1) is 5.92 Å². The lowest BCUT2D eigenvalue weighted by molar-refractivity contribution is -0.125. The summed E-state index contributed by atoms with van der Waals surface area (Å²) in [6.07, 6.45) is 1.51. The molecule has 0 unspecified atom stereocenters. The number of hydrogen-bond acceptors (Lipinski definition) is 3. The van der Waals surface area contributed by atoms with Gasteiger partial charge in [-0.15, -0.1) is 0 Å². The molecule has 2 atom stereocenters. The smallest absolute Gasteiger partial charge is 0.234 e. The fraction of sp³-hybridized carbons (Fsp3) is 0.385. The van der Waals surface area contributed by atoms with E-state index < -0.39 is 0 Å². The van der Waals surface area contributed by atoms with Crippen molar-refractivity contribution >= 4 is 11.8 Å². The van der Waals surface area contributed by atoms with E-state index in [2.05, 4.69) is 5.32 Å². The Kier molecular flexibility index (Phi) is 2.18. The van der Waals surface area contributed by atoms with Gasteiger partial charge in [0.15, 0.2) is 0 Å². The van der Waals surface area contributed by atoms with Crippen LogP contribution in [0.25, 0.3) is 0 Å². The summed E-state index contributed by atoms with van der Waals surface area (Å²) in [6, 6.07) is 5.69. The zero-order valence-electron chi connectivity index (χ0n) is 9.53. The Morgan fingerprint density at radius 1 is 1.29 bits per heavy atom. The van der Waals surface area contributed by atoms with Crippen LogP contribution < -0.4 is 10.1 Å². The highest BCUT2D eigenvalue weighted by Crippen LogP contribution is 2.42. The van der Waals surface area contributed by atoms with Gasteiger partial charge in [0, 0.05) is 0 Å². The van der Waals surface area contributed by atoms with E-state index in [0.717, 1.165) is 29.7 Å². The average Bonchev–Trinajstić information content (AvgIpc) is 2.64. The van der Waals surface area contributed by atoms with Gasteiger partial charge in [-0.2, -0.15) is 0 Å². The molecule has 3 rings (SSSR count). The minimum absolute atomic E-state index is 0.131. The highest BCUT2D eigenvalue weighted by molar-refractivity contribution is 6.08. The predicted molar refractivity (Wildman–Crippen MR) is 60.7 cm³/mol. The van der Waals surface area contributed by atoms with Gasteiger partial charge < -0.3 is 4.74 Å². The van der Waals surface area contributed by atoms with Crippen molar-refractivity contribution in [1.29, 1.82) is 0 Å². The first-order chi connectivity index (χ1) is 8.22. The zero-order valence-corrected chi connectivity index (χ0v) is 9.53. The first-order valence-electron chi connectivity index (χ1n) is 5.73. The fourth-order valence-corrected chi connectivity index (χ4v) is 2.91. The normalized spacial score (nSPS) is 26.2. The number of benzene rings is 1. The Morgan fingerprint density at radius 2 is 2.12 bits per heavy atom. The minimum atomic E-state index is -0.318. The molecule has 88 valence electrons. The molecular formula is C13H13NO3. The van der Waals surface area contributed by atoms with Gasteiger partial charge in [0.05, 0.1) is 18.9 Å². The number of methoxy groups -OCH3 is 1. The third-order valence-corrected chi connectivity index (χ3v) is 3.70. The summed E-state index contributed by atoms with van der Waals surface area (Å²) >= 11 is 0. The van der Waals surface area contributed by atoms with Gasteiger partial charge >= 0.3 is 0 Å². The van der Waals surface area contributed by atoms with E-state index >= 15 is 0 Å². The van der Waals surface area contributed by atoms with Crippen LogP contribution in [-0.2, 0) is 16.0 Å². The maximum atomic E-state index is 11.8. The van der Waals surface area contributed by atoms with E-state index in [-0.39, 0.29) is 23.7 Å². The number of ether oxygens (including phenoxy) is 1. The van der Waals surface area contributed by atoms with Crippen molar-refractivity contribution in [2.75, 3.05) is 7.11 Å². The van der Waals surface area contributed by atoms with Crippen molar-refractivity contribution in [1.82, 2.24) is 5.32 Å². The van der Waals surface area contributed by atoms with Gasteiger partial charge in [0.1, 0.15) is 5.75 Å². The Bertz CT molecular complexity index is 509. The largest absolute Gasteiger partial charge is 0.496 e. The van der Waals surface area contributed by atoms with Crippen LogP contribution >= 0.6 is 0 Å². The van der Waals surface area contributed by atoms with E-state index in [0.29, 0.717) is 0 Å². The molecule has 0 aromatic heterocycles. The van der Waals surface area contributed by atoms with Crippen molar-refractivity contribution < 1.29 is 14.3 Å². The Labute approximate surface area is 99.0 Å². The second-order valence-electron chi connectivity index (χ2n) is 4.50. The summed E-state index contributed by atoms with van der Waals surface area (Å²) in [7, 11) is 1.63. The van der Waals surface area contributed by atoms with E-state index in [1.54, 1.807) is 7.11 Å². The van der Waals surface area contributed by atoms with Crippen LogP contribution in [0.3, 0.4) is 0 Å². The van der Waals surface area contributed by atoms with Crippen LogP contribution in [0.5, 0.6) is 5.75 Å². The quantitative estimate of drug-likeness (QED) is 0.733. The second kappa shape index (κ2) is 3.58. The number of fused-ring (bicyclic) bond motifs is 3. The lowest BCUT2D eigenvalue weighted by Crippen LogP contribution is -2.23. The van der Waals surface area contributed by atoms with Gasteiger partial charge in [-0.1, -0.05) is 12.1 Å². The van der Waals surface area contributed by atoms with Crippen molar-refractivity contribution in [2.45, 2.75) is 18.8 Å². The molecule has 1 aromatic carbocycles. The van der Waals surface area contributed by atoms with Crippen LogP contribution in [0.15, 0.2) is 18.2 Å². The molecule has 0 spiro atoms. The number of amides is 2. The van der Waals surface area contributed by atoms with Crippen LogP contribution in [-0.4, -0.2) is 18.9 Å². The van der Waals surface area contributed by atoms with Crippen LogP contribution in [0.1, 0.15) is 23.5 Å². The molecule has 1 aromatic rings. The molecule has 1 N–H and O–H groups in total. The summed E-state index contributed by atoms with van der Waals surface area (Å²) in [5, 5.41) is 2.42. The van der Waals surface area contributed by atoms with Crippen LogP contribution in [0.2, 0.25) is 0 Å². The number of carbonyl (C=O) groups is 2. The minimum Gasteiger partial charge on any atom is -0.496 e. The highest BCUT2D eigenvalue weighted by Gasteiger charge is 2.45. The van der Waals surface area contributed by atoms with Gasteiger partial charge in [0.2, 0.25) is 11.8 Å². The lowest BCUT2D eigenvalue weighted by Gasteiger charge is -2.26. The molecule has 0 saturated carbocycles. The summed E-state index contributed by atoms with van der Waals surface area (Å²) < 4.78 is 5.31. The Morgan fingerprint density at radius 3 is 2.88 bits per heavy atom. The van der Waals surface area contributed by atoms with Crippen molar-refractivity contribution in [3.63, 3.8) is 0 Å². The molecule has 0 bridgehead atoms. The molecule has 2 aliphatic rings. The van der Waals surface area contributed by atoms with Crippen molar-refractivity contribution in [2.24, 2.45) is 5.92 Å². The molecule has 4 nitrogen and oxygen atoms in total. The SMILES string of the molecule is COc1cccc2c1CC[C@H]1C(=O)NC(=O)[C@@H]21. The third-order valence-electron chi connectivity index (χ3n) is 3.70. The summed E-state index contributed by atoms with van der Waals surface area (Å²) in [4.78, 5) is 23.4. The lowest BCUT2D eigenvalue weighted by atomic mass is 9.76. The monoisotopic (exact) mass is 231 g/mol. The predicted octanol–water partition coefficient (Wildman–Crippen LogP) is 0.998. The second-order valence-corrected chi connectivity index (χ2v) is 4.50. The number of hydrogen-bond donors (Lipinski definition) is 1. The fourth-order valence-electron chi connectivity index (χ4n) is 2.91. The van der Waals surface area contributed by atoms with Crippen LogP contribution in [0.4, 0.5) is 0 Å². The molecule has 4 heteroatoms. The summed E-state index contributed by atoms with van der Waals surface area (Å²) in [5.74, 6) is -0.000715. The number of imide groups is 1. The molecule has 1 aliphatic heterocycles. The summed E-state index contributed by atoms with van der Waals surface area (Å²) in [5.41, 5.74) is 2.02. The third kappa shape index (κ3) is 1.37. The zero-order chi connectivity index (χ0) is 12.0. The molecule has 1 saturated heterocycles. The van der Waals surface area contributed by atoms with Gasteiger partial charge in [-0.3, -0.25) is 14.9 Å². The average molecular weight is 231 g/mol. The molecule has 0 radical (unpaired) electrons. The summed E-state index contributed by atoms with van der Waals surface area (Å²) in [6.45, 7) is 0. The van der Waals surface area contributed by atoms with Gasteiger partial charge in [-0.25, -0.2) is 0 Å². The maximum absolute atomic E-state index is 11.8. The maximum Gasteiger partial charge on any atom is 0.234 e.